The van der Waals surface area contributed by atoms with E-state index in [-0.39, 0.29) is 5.63 Å². The van der Waals surface area contributed by atoms with Gasteiger partial charge in [-0.1, -0.05) is 42.3 Å². The molecule has 0 saturated carbocycles. The zero-order valence-corrected chi connectivity index (χ0v) is 10.1. The topological polar surface area (TPSA) is 30.2 Å². The Labute approximate surface area is 110 Å². The summed E-state index contributed by atoms with van der Waals surface area (Å²) >= 11 is 0. The van der Waals surface area contributed by atoms with E-state index >= 15 is 0 Å². The van der Waals surface area contributed by atoms with Gasteiger partial charge in [-0.15, -0.1) is 0 Å². The number of benzene rings is 2. The molecule has 0 aliphatic heterocycles. The fraction of sp³-hybridized carbons (Fsp3) is 0. The summed E-state index contributed by atoms with van der Waals surface area (Å²) in [5, 5.41) is 1.42. The maximum Gasteiger partial charge on any atom is 0.344 e. The maximum atomic E-state index is 11.8. The van der Waals surface area contributed by atoms with Gasteiger partial charge in [-0.05, 0) is 35.6 Å². The molecule has 0 N–H and O–H groups in total. The Bertz CT molecular complexity index is 834. The van der Waals surface area contributed by atoms with Gasteiger partial charge in [0, 0.05) is 5.56 Å². The second-order valence-corrected chi connectivity index (χ2v) is 4.10. The van der Waals surface area contributed by atoms with Crippen molar-refractivity contribution in [3.63, 3.8) is 0 Å². The molecular formula is C17H10O2. The standard InChI is InChI=1S/C17H10O2/c18-17-16-9-5-4-8-14(16)12-15(19-17)11-10-13-6-2-1-3-7-13/h1-9,12H. The minimum Gasteiger partial charge on any atom is -0.414 e. The lowest BCUT2D eigenvalue weighted by Gasteiger charge is -1.95. The Morgan fingerprint density at radius 2 is 1.58 bits per heavy atom. The lowest BCUT2D eigenvalue weighted by molar-refractivity contribution is 0.507. The van der Waals surface area contributed by atoms with E-state index in [1.54, 1.807) is 12.1 Å². The zero-order valence-electron chi connectivity index (χ0n) is 10.1. The molecule has 0 aliphatic carbocycles. The van der Waals surface area contributed by atoms with Crippen LogP contribution in [0.25, 0.3) is 10.8 Å². The quantitative estimate of drug-likeness (QED) is 0.570. The van der Waals surface area contributed by atoms with Crippen molar-refractivity contribution in [3.8, 4) is 11.8 Å². The van der Waals surface area contributed by atoms with E-state index in [4.69, 9.17) is 4.42 Å². The summed E-state index contributed by atoms with van der Waals surface area (Å²) in [6.45, 7) is 0. The largest absolute Gasteiger partial charge is 0.414 e. The fourth-order valence-electron chi connectivity index (χ4n) is 1.85. The summed E-state index contributed by atoms with van der Waals surface area (Å²) in [5.74, 6) is 6.23. The SMILES string of the molecule is O=c1oc(C#Cc2ccccc2)cc2ccccc12. The summed E-state index contributed by atoms with van der Waals surface area (Å²) in [6.07, 6.45) is 0. The highest BCUT2D eigenvalue weighted by Gasteiger charge is 2.01. The van der Waals surface area contributed by atoms with E-state index in [1.807, 2.05) is 48.5 Å². The third-order valence-corrected chi connectivity index (χ3v) is 2.77. The van der Waals surface area contributed by atoms with Crippen molar-refractivity contribution in [1.82, 2.24) is 0 Å². The smallest absolute Gasteiger partial charge is 0.344 e. The molecular weight excluding hydrogens is 236 g/mol. The van der Waals surface area contributed by atoms with Crippen LogP contribution >= 0.6 is 0 Å². The van der Waals surface area contributed by atoms with Gasteiger partial charge in [0.25, 0.3) is 0 Å². The summed E-state index contributed by atoms with van der Waals surface area (Å²) in [4.78, 5) is 11.8. The van der Waals surface area contributed by atoms with Crippen molar-refractivity contribution >= 4 is 10.8 Å². The molecule has 3 rings (SSSR count). The molecule has 2 nitrogen and oxygen atoms in total. The van der Waals surface area contributed by atoms with Crippen molar-refractivity contribution in [2.75, 3.05) is 0 Å². The average Bonchev–Trinajstić information content (AvgIpc) is 2.46. The van der Waals surface area contributed by atoms with Gasteiger partial charge in [0.2, 0.25) is 0 Å². The summed E-state index contributed by atoms with van der Waals surface area (Å²) in [7, 11) is 0. The third-order valence-electron chi connectivity index (χ3n) is 2.77. The van der Waals surface area contributed by atoms with Crippen LogP contribution in [0.15, 0.2) is 69.9 Å². The molecule has 2 aromatic carbocycles. The van der Waals surface area contributed by atoms with Crippen molar-refractivity contribution in [1.29, 1.82) is 0 Å². The van der Waals surface area contributed by atoms with Crippen LogP contribution in [0.2, 0.25) is 0 Å². The lowest BCUT2D eigenvalue weighted by Crippen LogP contribution is -2.00. The highest BCUT2D eigenvalue weighted by molar-refractivity contribution is 5.81. The molecule has 1 heterocycles. The Hall–Kier alpha value is -2.79. The van der Waals surface area contributed by atoms with Crippen molar-refractivity contribution in [3.05, 3.63) is 82.4 Å². The van der Waals surface area contributed by atoms with Crippen LogP contribution in [0, 0.1) is 11.8 Å². The fourth-order valence-corrected chi connectivity index (χ4v) is 1.85. The van der Waals surface area contributed by atoms with Gasteiger partial charge in [0.05, 0.1) is 5.39 Å². The van der Waals surface area contributed by atoms with E-state index in [2.05, 4.69) is 11.8 Å². The highest BCUT2D eigenvalue weighted by Crippen LogP contribution is 2.10. The molecule has 0 atom stereocenters. The number of fused-ring (bicyclic) bond motifs is 1. The van der Waals surface area contributed by atoms with Gasteiger partial charge in [0.1, 0.15) is 0 Å². The first-order chi connectivity index (χ1) is 9.33. The highest BCUT2D eigenvalue weighted by atomic mass is 16.4. The van der Waals surface area contributed by atoms with Gasteiger partial charge < -0.3 is 4.42 Å². The van der Waals surface area contributed by atoms with Crippen LogP contribution in [0.4, 0.5) is 0 Å². The van der Waals surface area contributed by atoms with Crippen LogP contribution in [0.5, 0.6) is 0 Å². The monoisotopic (exact) mass is 246 g/mol. The predicted molar refractivity (Wildman–Crippen MR) is 74.9 cm³/mol. The first-order valence-electron chi connectivity index (χ1n) is 5.93. The van der Waals surface area contributed by atoms with Crippen molar-refractivity contribution < 1.29 is 4.42 Å². The van der Waals surface area contributed by atoms with E-state index < -0.39 is 0 Å². The Morgan fingerprint density at radius 1 is 0.842 bits per heavy atom. The van der Waals surface area contributed by atoms with Gasteiger partial charge in [-0.2, -0.15) is 0 Å². The molecule has 0 saturated heterocycles. The average molecular weight is 246 g/mol. The molecule has 0 unspecified atom stereocenters. The first kappa shape index (κ1) is 11.3. The Morgan fingerprint density at radius 3 is 2.42 bits per heavy atom. The molecule has 19 heavy (non-hydrogen) atoms. The number of hydrogen-bond acceptors (Lipinski definition) is 2. The molecule has 0 amide bonds. The molecule has 2 heteroatoms. The minimum absolute atomic E-state index is 0.351. The van der Waals surface area contributed by atoms with E-state index in [9.17, 15) is 4.79 Å². The van der Waals surface area contributed by atoms with Crippen LogP contribution in [-0.2, 0) is 0 Å². The summed E-state index contributed by atoms with van der Waals surface area (Å²) in [5.41, 5.74) is 0.536. The van der Waals surface area contributed by atoms with Crippen LogP contribution in [0.3, 0.4) is 0 Å². The predicted octanol–water partition coefficient (Wildman–Crippen LogP) is 3.19. The Balaban J connectivity index is 2.08. The van der Waals surface area contributed by atoms with Crippen molar-refractivity contribution in [2.45, 2.75) is 0 Å². The van der Waals surface area contributed by atoms with Crippen LogP contribution < -0.4 is 5.63 Å². The van der Waals surface area contributed by atoms with Crippen LogP contribution in [-0.4, -0.2) is 0 Å². The second-order valence-electron chi connectivity index (χ2n) is 4.10. The zero-order chi connectivity index (χ0) is 13.1. The third kappa shape index (κ3) is 2.41. The maximum absolute atomic E-state index is 11.8. The molecule has 1 aromatic heterocycles. The molecule has 0 fully saturated rings. The second kappa shape index (κ2) is 4.83. The van der Waals surface area contributed by atoms with E-state index in [0.29, 0.717) is 11.1 Å². The summed E-state index contributed by atoms with van der Waals surface area (Å²) < 4.78 is 5.18. The van der Waals surface area contributed by atoms with Gasteiger partial charge >= 0.3 is 5.63 Å². The van der Waals surface area contributed by atoms with Gasteiger partial charge in [-0.25, -0.2) is 4.79 Å². The molecule has 90 valence electrons. The molecule has 0 spiro atoms. The normalized spacial score (nSPS) is 9.89. The number of hydrogen-bond donors (Lipinski definition) is 0. The molecule has 3 aromatic rings. The van der Waals surface area contributed by atoms with Crippen LogP contribution in [0.1, 0.15) is 11.3 Å². The molecule has 0 bridgehead atoms. The number of rotatable bonds is 0. The van der Waals surface area contributed by atoms with Crippen molar-refractivity contribution in [2.24, 2.45) is 0 Å². The first-order valence-corrected chi connectivity index (χ1v) is 5.93. The Kier molecular flexibility index (Phi) is 2.88. The van der Waals surface area contributed by atoms with Gasteiger partial charge in [0.15, 0.2) is 5.76 Å². The van der Waals surface area contributed by atoms with E-state index in [1.165, 1.54) is 0 Å². The molecule has 0 radical (unpaired) electrons. The minimum atomic E-state index is -0.351. The lowest BCUT2D eigenvalue weighted by atomic mass is 10.1. The van der Waals surface area contributed by atoms with E-state index in [0.717, 1.165) is 10.9 Å². The summed E-state index contributed by atoms with van der Waals surface area (Å²) in [6, 6.07) is 18.7. The molecule has 0 aliphatic rings. The van der Waals surface area contributed by atoms with Gasteiger partial charge in [-0.3, -0.25) is 0 Å².